The number of allylic oxidation sites excluding steroid dienone is 1. The van der Waals surface area contributed by atoms with Crippen LogP contribution in [-0.2, 0) is 16.8 Å². The topological polar surface area (TPSA) is 110 Å². The molecular formula is C30H25Cl2FN4O5. The van der Waals surface area contributed by atoms with Crippen LogP contribution in [0.5, 0.6) is 5.75 Å². The smallest absolute Gasteiger partial charge is 0.365 e. The van der Waals surface area contributed by atoms with Gasteiger partial charge in [-0.2, -0.15) is 4.74 Å². The third-order valence-electron chi connectivity index (χ3n) is 7.46. The Morgan fingerprint density at radius 1 is 1.14 bits per heavy atom. The second-order valence-electron chi connectivity index (χ2n) is 10.4. The average molecular weight is 611 g/mol. The molecule has 1 aromatic heterocycles. The third kappa shape index (κ3) is 4.56. The van der Waals surface area contributed by atoms with Gasteiger partial charge in [0, 0.05) is 41.7 Å². The Hall–Kier alpha value is -4.12. The molecule has 2 N–H and O–H groups in total. The highest BCUT2D eigenvalue weighted by Gasteiger charge is 2.39. The van der Waals surface area contributed by atoms with E-state index in [1.54, 1.807) is 49.6 Å². The van der Waals surface area contributed by atoms with E-state index in [4.69, 9.17) is 42.6 Å². The normalized spacial score (nSPS) is 16.0. The minimum Gasteiger partial charge on any atom is -0.472 e. The predicted octanol–water partition coefficient (Wildman–Crippen LogP) is 5.65. The van der Waals surface area contributed by atoms with Crippen molar-refractivity contribution in [3.05, 3.63) is 91.6 Å². The number of fused-ring (bicyclic) bond motifs is 2. The summed E-state index contributed by atoms with van der Waals surface area (Å²) >= 11 is 13.0. The maximum absolute atomic E-state index is 15.4. The Balaban J connectivity index is 1.34. The summed E-state index contributed by atoms with van der Waals surface area (Å²) in [5.41, 5.74) is 1.88. The van der Waals surface area contributed by atoms with E-state index in [-0.39, 0.29) is 39.8 Å². The van der Waals surface area contributed by atoms with E-state index in [2.05, 4.69) is 5.32 Å². The standard InChI is InChI=1S/C30H25Cl2FN4O5/c1-30(13-40-14-30)37-25-9-20(24(33)8-21(25)29(39)42-37)19-5-3-4-16-12-36(15-41-27(16)19)28(38)26-22(31)6-17(7-23(26)32)18(10-34)11-35-2/h3-11,34-35H,12-15H2,1-2H3/b18-11+,34-10?. The molecule has 0 unspecified atom stereocenters. The first kappa shape index (κ1) is 28.0. The first-order valence-electron chi connectivity index (χ1n) is 13.0. The summed E-state index contributed by atoms with van der Waals surface area (Å²) in [5.74, 6) is -0.614. The van der Waals surface area contributed by atoms with Crippen LogP contribution in [-0.4, -0.2) is 48.8 Å². The summed E-state index contributed by atoms with van der Waals surface area (Å²) in [4.78, 5) is 27.5. The fraction of sp³-hybridized carbons (Fsp3) is 0.233. The summed E-state index contributed by atoms with van der Waals surface area (Å²) in [7, 11) is 1.71. The molecule has 12 heteroatoms. The fourth-order valence-electron chi connectivity index (χ4n) is 5.28. The summed E-state index contributed by atoms with van der Waals surface area (Å²) in [5, 5.41) is 10.9. The number of benzene rings is 3. The van der Waals surface area contributed by atoms with Crippen LogP contribution >= 0.6 is 23.2 Å². The Morgan fingerprint density at radius 2 is 1.88 bits per heavy atom. The lowest BCUT2D eigenvalue weighted by Gasteiger charge is -2.37. The summed E-state index contributed by atoms with van der Waals surface area (Å²) in [6, 6.07) is 11.2. The van der Waals surface area contributed by atoms with Crippen molar-refractivity contribution in [3.63, 3.8) is 0 Å². The lowest BCUT2D eigenvalue weighted by molar-refractivity contribution is -0.120. The van der Waals surface area contributed by atoms with Gasteiger partial charge >= 0.3 is 5.63 Å². The molecule has 1 saturated heterocycles. The minimum absolute atomic E-state index is 0.113. The van der Waals surface area contributed by atoms with Gasteiger partial charge in [-0.3, -0.25) is 4.79 Å². The molecule has 9 nitrogen and oxygen atoms in total. The number of ether oxygens (including phenoxy) is 2. The first-order valence-corrected chi connectivity index (χ1v) is 13.8. The second kappa shape index (κ2) is 10.6. The number of para-hydroxylation sites is 1. The predicted molar refractivity (Wildman–Crippen MR) is 158 cm³/mol. The van der Waals surface area contributed by atoms with Gasteiger partial charge in [0.1, 0.15) is 17.1 Å². The van der Waals surface area contributed by atoms with Crippen molar-refractivity contribution in [2.24, 2.45) is 0 Å². The molecule has 1 fully saturated rings. The van der Waals surface area contributed by atoms with E-state index >= 15 is 4.39 Å². The van der Waals surface area contributed by atoms with Gasteiger partial charge in [-0.15, -0.1) is 0 Å². The zero-order chi connectivity index (χ0) is 29.8. The molecule has 0 spiro atoms. The maximum Gasteiger partial charge on any atom is 0.365 e. The second-order valence-corrected chi connectivity index (χ2v) is 11.2. The molecule has 0 aliphatic carbocycles. The molecule has 216 valence electrons. The van der Waals surface area contributed by atoms with Gasteiger partial charge in [0.2, 0.25) is 0 Å². The van der Waals surface area contributed by atoms with Crippen LogP contribution in [0.25, 0.3) is 27.6 Å². The number of nitrogens with zero attached hydrogens (tertiary/aromatic N) is 2. The quantitative estimate of drug-likeness (QED) is 0.273. The van der Waals surface area contributed by atoms with Crippen LogP contribution < -0.4 is 15.7 Å². The summed E-state index contributed by atoms with van der Waals surface area (Å²) < 4.78 is 33.8. The van der Waals surface area contributed by atoms with E-state index in [0.29, 0.717) is 46.7 Å². The van der Waals surface area contributed by atoms with Crippen molar-refractivity contribution in [2.75, 3.05) is 27.0 Å². The zero-order valence-corrected chi connectivity index (χ0v) is 24.1. The molecular weight excluding hydrogens is 586 g/mol. The van der Waals surface area contributed by atoms with E-state index in [9.17, 15) is 9.59 Å². The van der Waals surface area contributed by atoms with Crippen LogP contribution in [0.4, 0.5) is 4.39 Å². The van der Waals surface area contributed by atoms with Crippen molar-refractivity contribution in [1.29, 1.82) is 5.41 Å². The van der Waals surface area contributed by atoms with Crippen molar-refractivity contribution in [2.45, 2.75) is 19.0 Å². The van der Waals surface area contributed by atoms with Crippen LogP contribution in [0.3, 0.4) is 0 Å². The van der Waals surface area contributed by atoms with Gasteiger partial charge in [-0.25, -0.2) is 9.18 Å². The van der Waals surface area contributed by atoms with Crippen molar-refractivity contribution in [1.82, 2.24) is 15.0 Å². The van der Waals surface area contributed by atoms with Crippen LogP contribution in [0, 0.1) is 11.2 Å². The van der Waals surface area contributed by atoms with Crippen LogP contribution in [0.15, 0.2) is 58.0 Å². The number of hydrogen-bond donors (Lipinski definition) is 2. The Bertz CT molecular complexity index is 1840. The Labute approximate surface area is 249 Å². The minimum atomic E-state index is -0.624. The first-order chi connectivity index (χ1) is 20.1. The van der Waals surface area contributed by atoms with Gasteiger partial charge in [-0.1, -0.05) is 41.4 Å². The summed E-state index contributed by atoms with van der Waals surface area (Å²) in [6.07, 6.45) is 2.78. The largest absolute Gasteiger partial charge is 0.472 e. The van der Waals surface area contributed by atoms with Gasteiger partial charge < -0.3 is 29.6 Å². The number of halogens is 3. The molecule has 42 heavy (non-hydrogen) atoms. The highest BCUT2D eigenvalue weighted by molar-refractivity contribution is 6.40. The Kier molecular flexibility index (Phi) is 7.08. The van der Waals surface area contributed by atoms with Crippen molar-refractivity contribution < 1.29 is 23.2 Å². The molecule has 3 aromatic carbocycles. The van der Waals surface area contributed by atoms with Crippen LogP contribution in [0.1, 0.15) is 28.4 Å². The number of nitrogens with one attached hydrogen (secondary N) is 2. The molecule has 0 saturated carbocycles. The molecule has 2 aliphatic rings. The number of carbonyl (C=O) groups excluding carboxylic acids is 1. The molecule has 2 aliphatic heterocycles. The molecule has 6 rings (SSSR count). The highest BCUT2D eigenvalue weighted by Crippen LogP contribution is 2.40. The summed E-state index contributed by atoms with van der Waals surface area (Å²) in [6.45, 7) is 2.68. The Morgan fingerprint density at radius 3 is 2.52 bits per heavy atom. The van der Waals surface area contributed by atoms with E-state index < -0.39 is 22.9 Å². The molecule has 1 amide bonds. The average Bonchev–Trinajstić information content (AvgIpc) is 3.28. The number of aromatic nitrogens is 1. The third-order valence-corrected chi connectivity index (χ3v) is 8.06. The van der Waals surface area contributed by atoms with E-state index in [1.807, 2.05) is 6.92 Å². The van der Waals surface area contributed by atoms with Gasteiger partial charge in [0.15, 0.2) is 6.73 Å². The maximum atomic E-state index is 15.4. The van der Waals surface area contributed by atoms with Gasteiger partial charge in [0.25, 0.3) is 5.91 Å². The monoisotopic (exact) mass is 610 g/mol. The molecule has 3 heterocycles. The number of amides is 1. The SMILES string of the molecule is CN/C=C(\C=N)c1cc(Cl)c(C(=O)N2COc3c(cccc3-c3cc4c(cc3F)c(=O)on4C3(C)COC3)C2)c(Cl)c1. The van der Waals surface area contributed by atoms with E-state index in [1.165, 1.54) is 15.7 Å². The highest BCUT2D eigenvalue weighted by atomic mass is 35.5. The van der Waals surface area contributed by atoms with Gasteiger partial charge in [0.05, 0.1) is 46.3 Å². The lowest BCUT2D eigenvalue weighted by Crippen LogP contribution is -2.48. The number of hydrogen-bond acceptors (Lipinski definition) is 7. The molecule has 4 aromatic rings. The molecule has 0 radical (unpaired) electrons. The number of carbonyl (C=O) groups is 1. The molecule has 0 atom stereocenters. The van der Waals surface area contributed by atoms with Crippen molar-refractivity contribution in [3.8, 4) is 16.9 Å². The lowest BCUT2D eigenvalue weighted by atomic mass is 9.97. The van der Waals surface area contributed by atoms with Crippen LogP contribution in [0.2, 0.25) is 10.0 Å². The zero-order valence-electron chi connectivity index (χ0n) is 22.6. The van der Waals surface area contributed by atoms with Crippen molar-refractivity contribution >= 4 is 51.8 Å². The van der Waals surface area contributed by atoms with E-state index in [0.717, 1.165) is 6.21 Å². The number of rotatable bonds is 6. The fourth-order valence-corrected chi connectivity index (χ4v) is 5.93. The molecule has 0 bridgehead atoms. The van der Waals surface area contributed by atoms with Gasteiger partial charge in [-0.05, 0) is 36.8 Å².